The summed E-state index contributed by atoms with van der Waals surface area (Å²) in [5.41, 5.74) is 3.38. The van der Waals surface area contributed by atoms with Crippen LogP contribution >= 0.6 is 45.9 Å². The van der Waals surface area contributed by atoms with E-state index in [9.17, 15) is 4.79 Å². The molecule has 0 unspecified atom stereocenters. The van der Waals surface area contributed by atoms with Crippen LogP contribution in [0.5, 0.6) is 0 Å². The van der Waals surface area contributed by atoms with E-state index in [4.69, 9.17) is 23.2 Å². The lowest BCUT2D eigenvalue weighted by molar-refractivity contribution is -0.665. The van der Waals surface area contributed by atoms with Gasteiger partial charge in [0.25, 0.3) is 10.6 Å². The van der Waals surface area contributed by atoms with Crippen molar-refractivity contribution in [3.05, 3.63) is 82.9 Å². The Balaban J connectivity index is 0.00000336. The lowest BCUT2D eigenvalue weighted by Crippen LogP contribution is -3.00. The molecule has 0 N–H and O–H groups in total. The number of hydrogen-bond donors (Lipinski definition) is 0. The molecule has 0 amide bonds. The van der Waals surface area contributed by atoms with E-state index in [0.29, 0.717) is 11.1 Å². The first kappa shape index (κ1) is 29.1. The summed E-state index contributed by atoms with van der Waals surface area (Å²) in [7, 11) is 0. The molecule has 0 atom stereocenters. The molecule has 1 aliphatic heterocycles. The zero-order valence-electron chi connectivity index (χ0n) is 21.7. The Morgan fingerprint density at radius 3 is 2.24 bits per heavy atom. The van der Waals surface area contributed by atoms with Crippen molar-refractivity contribution in [1.29, 1.82) is 0 Å². The summed E-state index contributed by atoms with van der Waals surface area (Å²) in [4.78, 5) is 17.9. The molecule has 1 aliphatic rings. The summed E-state index contributed by atoms with van der Waals surface area (Å²) in [6.07, 6.45) is 6.15. The fraction of sp³-hybridized carbons (Fsp3) is 0.286. The molecule has 3 heterocycles. The molecule has 0 bridgehead atoms. The quantitative estimate of drug-likeness (QED) is 0.230. The molecule has 0 saturated carbocycles. The van der Waals surface area contributed by atoms with Gasteiger partial charge in [-0.25, -0.2) is 0 Å². The highest BCUT2D eigenvalue weighted by Crippen LogP contribution is 2.42. The van der Waals surface area contributed by atoms with Crippen LogP contribution in [0.3, 0.4) is 0 Å². The largest absolute Gasteiger partial charge is 1.00 e. The van der Waals surface area contributed by atoms with Gasteiger partial charge in [0, 0.05) is 35.7 Å². The van der Waals surface area contributed by atoms with Gasteiger partial charge in [-0.3, -0.25) is 9.36 Å². The summed E-state index contributed by atoms with van der Waals surface area (Å²) in [5, 5.41) is 2.55. The molecule has 5 rings (SSSR count). The van der Waals surface area contributed by atoms with E-state index in [-0.39, 0.29) is 29.5 Å². The van der Waals surface area contributed by atoms with Crippen LogP contribution in [0.4, 0.5) is 11.4 Å². The van der Waals surface area contributed by atoms with E-state index in [1.807, 2.05) is 41.8 Å². The van der Waals surface area contributed by atoms with Gasteiger partial charge in [-0.2, -0.15) is 4.57 Å². The molecule has 2 aromatic heterocycles. The number of nitrogens with zero attached hydrogens (tertiary/aromatic N) is 4. The molecule has 0 fully saturated rings. The number of hydrogen-bond acceptors (Lipinski definition) is 5. The molecule has 10 heteroatoms. The minimum absolute atomic E-state index is 0. The van der Waals surface area contributed by atoms with Crippen LogP contribution in [-0.2, 0) is 13.1 Å². The number of halogens is 3. The van der Waals surface area contributed by atoms with Gasteiger partial charge in [-0.05, 0) is 70.2 Å². The van der Waals surface area contributed by atoms with Crippen molar-refractivity contribution in [3.8, 4) is 0 Å². The number of rotatable bonds is 6. The fourth-order valence-corrected chi connectivity index (χ4v) is 7.50. The van der Waals surface area contributed by atoms with Crippen LogP contribution in [0.15, 0.2) is 53.1 Å². The molecular weight excluding hydrogens is 670 g/mol. The average Bonchev–Trinajstić information content (AvgIpc) is 3.49. The van der Waals surface area contributed by atoms with Crippen molar-refractivity contribution in [2.24, 2.45) is 0 Å². The molecule has 0 aliphatic carbocycles. The van der Waals surface area contributed by atoms with Crippen molar-refractivity contribution in [1.82, 2.24) is 4.57 Å². The number of allylic oxidation sites excluding steroid dienone is 1. The van der Waals surface area contributed by atoms with Gasteiger partial charge in [0.05, 0.1) is 22.0 Å². The van der Waals surface area contributed by atoms with Crippen molar-refractivity contribution < 1.29 is 28.5 Å². The lowest BCUT2D eigenvalue weighted by atomic mass is 10.2. The van der Waals surface area contributed by atoms with Crippen molar-refractivity contribution in [2.45, 2.75) is 40.8 Å². The summed E-state index contributed by atoms with van der Waals surface area (Å²) >= 11 is 15.8. The molecular formula is C28H29Cl2IN4OS2. The van der Waals surface area contributed by atoms with E-state index in [1.165, 1.54) is 16.0 Å². The Kier molecular flexibility index (Phi) is 9.30. The zero-order chi connectivity index (χ0) is 26.3. The molecule has 2 aromatic carbocycles. The molecule has 0 spiro atoms. The second-order valence-electron chi connectivity index (χ2n) is 8.61. The Labute approximate surface area is 257 Å². The molecule has 5 nitrogen and oxygen atoms in total. The topological polar surface area (TPSA) is 32.4 Å². The number of anilines is 2. The lowest BCUT2D eigenvalue weighted by Gasteiger charge is -2.23. The van der Waals surface area contributed by atoms with Crippen LogP contribution < -0.4 is 53.1 Å². The van der Waals surface area contributed by atoms with Gasteiger partial charge < -0.3 is 33.8 Å². The maximum Gasteiger partial charge on any atom is 0.269 e. The van der Waals surface area contributed by atoms with E-state index in [1.54, 1.807) is 11.3 Å². The summed E-state index contributed by atoms with van der Waals surface area (Å²) < 4.78 is 6.94. The van der Waals surface area contributed by atoms with Gasteiger partial charge in [0.2, 0.25) is 5.52 Å². The molecule has 0 saturated heterocycles. The number of aromatic nitrogens is 2. The number of aryl methyl sites for hydroxylation is 1. The SMILES string of the molecule is CCN1/C(=C\C=c2/s/c(=C\c3sc4ccc(Cl)cc4[n+]3CC)n(CC)c2=O)N(CC)c2cc(Cl)ccc21.[I-]. The maximum atomic E-state index is 13.4. The van der Waals surface area contributed by atoms with E-state index >= 15 is 0 Å². The summed E-state index contributed by atoms with van der Waals surface area (Å²) in [6.45, 7) is 11.5. The Hall–Kier alpha value is -1.85. The van der Waals surface area contributed by atoms with E-state index < -0.39 is 0 Å². The first-order valence-electron chi connectivity index (χ1n) is 12.5. The molecule has 0 radical (unpaired) electrons. The molecule has 4 aromatic rings. The monoisotopic (exact) mass is 698 g/mol. The zero-order valence-corrected chi connectivity index (χ0v) is 27.0. The number of benzene rings is 2. The minimum atomic E-state index is 0. The Bertz CT molecular complexity index is 1710. The van der Waals surface area contributed by atoms with Crippen molar-refractivity contribution >= 4 is 79.6 Å². The van der Waals surface area contributed by atoms with Gasteiger partial charge >= 0.3 is 0 Å². The third-order valence-corrected chi connectivity index (χ3v) is 9.26. The summed E-state index contributed by atoms with van der Waals surface area (Å²) in [5.74, 6) is 1.05. The van der Waals surface area contributed by atoms with Gasteiger partial charge in [-0.15, -0.1) is 11.3 Å². The highest BCUT2D eigenvalue weighted by Gasteiger charge is 2.29. The Morgan fingerprint density at radius 1 is 0.868 bits per heavy atom. The van der Waals surface area contributed by atoms with Crippen LogP contribution in [0.25, 0.3) is 22.4 Å². The van der Waals surface area contributed by atoms with E-state index in [0.717, 1.165) is 62.1 Å². The third kappa shape index (κ3) is 5.18. The van der Waals surface area contributed by atoms with Crippen molar-refractivity contribution in [3.63, 3.8) is 0 Å². The van der Waals surface area contributed by atoms with Gasteiger partial charge in [-0.1, -0.05) is 34.5 Å². The Morgan fingerprint density at radius 2 is 1.55 bits per heavy atom. The summed E-state index contributed by atoms with van der Waals surface area (Å²) in [6, 6.07) is 12.0. The molecule has 200 valence electrons. The highest BCUT2D eigenvalue weighted by molar-refractivity contribution is 7.19. The number of fused-ring (bicyclic) bond motifs is 2. The average molecular weight is 700 g/mol. The van der Waals surface area contributed by atoms with Gasteiger partial charge in [0.15, 0.2) is 0 Å². The first-order valence-corrected chi connectivity index (χ1v) is 14.9. The normalized spacial score (nSPS) is 15.2. The van der Waals surface area contributed by atoms with Crippen molar-refractivity contribution in [2.75, 3.05) is 22.9 Å². The predicted molar refractivity (Wildman–Crippen MR) is 160 cm³/mol. The second-order valence-corrected chi connectivity index (χ2v) is 11.6. The highest BCUT2D eigenvalue weighted by atomic mass is 127. The maximum absolute atomic E-state index is 13.4. The van der Waals surface area contributed by atoms with Gasteiger partial charge in [0.1, 0.15) is 21.7 Å². The predicted octanol–water partition coefficient (Wildman–Crippen LogP) is 2.58. The first-order chi connectivity index (χ1) is 17.9. The standard InChI is InChI=1S/C28H29Cl2N4OS2.HI/c1-5-31-20-11-9-18(29)15-21(20)32(6-2)25(31)14-13-24-28(35)34(8-4)27(37-24)17-26-33(7-3)22-16-19(30)10-12-23(22)36-26;/h9-17H,5-8H2,1-4H3;1H/q+1;/p-1/b24-13-,25-14+;. The van der Waals surface area contributed by atoms with Crippen LogP contribution in [0.2, 0.25) is 10.0 Å². The van der Waals surface area contributed by atoms with E-state index in [2.05, 4.69) is 59.4 Å². The number of thiazole rings is 2. The smallest absolute Gasteiger partial charge is 0.269 e. The minimum Gasteiger partial charge on any atom is -1.00 e. The molecule has 38 heavy (non-hydrogen) atoms. The van der Waals surface area contributed by atoms with Crippen LogP contribution in [-0.4, -0.2) is 17.7 Å². The van der Waals surface area contributed by atoms with Crippen LogP contribution in [0, 0.1) is 0 Å². The third-order valence-electron chi connectivity index (χ3n) is 6.60. The second kappa shape index (κ2) is 12.1. The fourth-order valence-electron chi connectivity index (χ4n) is 4.90. The van der Waals surface area contributed by atoms with Crippen LogP contribution in [0.1, 0.15) is 32.7 Å².